The summed E-state index contributed by atoms with van der Waals surface area (Å²) >= 11 is 0. The van der Waals surface area contributed by atoms with Crippen LogP contribution in [0.5, 0.6) is 0 Å². The number of carbonyl (C=O) groups excluding carboxylic acids is 2. The monoisotopic (exact) mass is 400 g/mol. The fourth-order valence-corrected chi connectivity index (χ4v) is 3.69. The number of carbonyl (C=O) groups is 2. The lowest BCUT2D eigenvalue weighted by Gasteiger charge is -2.20. The smallest absolute Gasteiger partial charge is 0.135 e. The molecule has 0 unspecified atom stereocenters. The van der Waals surface area contributed by atoms with E-state index in [1.165, 1.54) is 43.2 Å². The summed E-state index contributed by atoms with van der Waals surface area (Å²) in [5.41, 5.74) is 2.67. The maximum Gasteiger partial charge on any atom is 0.135 e. The van der Waals surface area contributed by atoms with Crippen molar-refractivity contribution in [2.24, 2.45) is 10.8 Å². The van der Waals surface area contributed by atoms with E-state index in [9.17, 15) is 9.59 Å². The van der Waals surface area contributed by atoms with Gasteiger partial charge in [-0.2, -0.15) is 0 Å². The number of Topliss-reactive ketones (excluding diaryl/α,β-unsaturated/α-hetero) is 2. The minimum absolute atomic E-state index is 0.160. The Morgan fingerprint density at radius 2 is 0.966 bits per heavy atom. The van der Waals surface area contributed by atoms with Gasteiger partial charge in [0.15, 0.2) is 0 Å². The molecular formula is C27H44O2. The average Bonchev–Trinajstić information content (AvgIpc) is 2.64. The van der Waals surface area contributed by atoms with Crippen LogP contribution in [0.4, 0.5) is 0 Å². The van der Waals surface area contributed by atoms with Crippen molar-refractivity contribution in [1.82, 2.24) is 0 Å². The van der Waals surface area contributed by atoms with Crippen LogP contribution < -0.4 is 0 Å². The zero-order valence-corrected chi connectivity index (χ0v) is 19.9. The van der Waals surface area contributed by atoms with E-state index >= 15 is 0 Å². The number of ketones is 2. The van der Waals surface area contributed by atoms with E-state index in [0.717, 1.165) is 38.5 Å². The zero-order chi connectivity index (χ0) is 21.9. The van der Waals surface area contributed by atoms with Crippen molar-refractivity contribution in [3.05, 3.63) is 35.4 Å². The molecule has 0 aliphatic rings. The van der Waals surface area contributed by atoms with Gasteiger partial charge in [-0.3, -0.25) is 9.59 Å². The van der Waals surface area contributed by atoms with Crippen LogP contribution in [0, 0.1) is 10.8 Å². The van der Waals surface area contributed by atoms with E-state index in [-0.39, 0.29) is 10.8 Å². The van der Waals surface area contributed by atoms with Gasteiger partial charge in [-0.25, -0.2) is 0 Å². The number of hydrogen-bond donors (Lipinski definition) is 0. The van der Waals surface area contributed by atoms with Crippen molar-refractivity contribution in [3.63, 3.8) is 0 Å². The molecule has 0 amide bonds. The molecule has 0 aromatic heterocycles. The number of rotatable bonds is 15. The average molecular weight is 401 g/mol. The fraction of sp³-hybridized carbons (Fsp3) is 0.704. The predicted molar refractivity (Wildman–Crippen MR) is 124 cm³/mol. The summed E-state index contributed by atoms with van der Waals surface area (Å²) < 4.78 is 0. The highest BCUT2D eigenvalue weighted by atomic mass is 16.1. The molecule has 0 radical (unpaired) electrons. The maximum absolute atomic E-state index is 11.6. The summed E-state index contributed by atoms with van der Waals surface area (Å²) in [4.78, 5) is 23.2. The van der Waals surface area contributed by atoms with Gasteiger partial charge in [-0.05, 0) is 63.5 Å². The first-order valence-electron chi connectivity index (χ1n) is 11.6. The number of aryl methyl sites for hydroxylation is 2. The molecule has 0 saturated carbocycles. The minimum atomic E-state index is -0.169. The van der Waals surface area contributed by atoms with Crippen LogP contribution in [0.1, 0.15) is 110 Å². The number of unbranched alkanes of at least 4 members (excludes halogenated alkanes) is 5. The molecule has 1 aromatic rings. The van der Waals surface area contributed by atoms with Gasteiger partial charge in [0.1, 0.15) is 11.6 Å². The summed E-state index contributed by atoms with van der Waals surface area (Å²) in [5.74, 6) is 0.601. The molecule has 164 valence electrons. The van der Waals surface area contributed by atoms with Gasteiger partial charge in [0.25, 0.3) is 0 Å². The van der Waals surface area contributed by atoms with Crippen LogP contribution in [0.2, 0.25) is 0 Å². The van der Waals surface area contributed by atoms with Crippen molar-refractivity contribution in [2.45, 2.75) is 112 Å². The molecule has 2 heteroatoms. The van der Waals surface area contributed by atoms with Gasteiger partial charge < -0.3 is 0 Å². The van der Waals surface area contributed by atoms with Gasteiger partial charge in [-0.15, -0.1) is 0 Å². The summed E-state index contributed by atoms with van der Waals surface area (Å²) in [6.07, 6.45) is 12.6. The van der Waals surface area contributed by atoms with E-state index in [4.69, 9.17) is 0 Å². The molecule has 0 saturated heterocycles. The van der Waals surface area contributed by atoms with Gasteiger partial charge in [-0.1, -0.05) is 84.1 Å². The van der Waals surface area contributed by atoms with Crippen molar-refractivity contribution in [2.75, 3.05) is 0 Å². The van der Waals surface area contributed by atoms with E-state index in [2.05, 4.69) is 52.0 Å². The molecule has 0 aliphatic carbocycles. The second kappa shape index (κ2) is 12.3. The molecule has 0 bridgehead atoms. The minimum Gasteiger partial charge on any atom is -0.299 e. The molecule has 0 atom stereocenters. The molecule has 0 heterocycles. The summed E-state index contributed by atoms with van der Waals surface area (Å²) in [6, 6.07) is 8.88. The van der Waals surface area contributed by atoms with Gasteiger partial charge in [0, 0.05) is 10.8 Å². The van der Waals surface area contributed by atoms with Crippen LogP contribution in [0.15, 0.2) is 24.3 Å². The predicted octanol–water partition coefficient (Wildman–Crippen LogP) is 7.51. The van der Waals surface area contributed by atoms with Crippen LogP contribution in [0.3, 0.4) is 0 Å². The van der Waals surface area contributed by atoms with Crippen molar-refractivity contribution in [3.8, 4) is 0 Å². The molecule has 29 heavy (non-hydrogen) atoms. The van der Waals surface area contributed by atoms with Gasteiger partial charge in [0.05, 0.1) is 0 Å². The SMILES string of the molecule is CC(=O)C(C)(C)CCCCCCc1ccccc1CCCCCC(C)(C)C(C)=O. The summed E-state index contributed by atoms with van der Waals surface area (Å²) in [6.45, 7) is 11.7. The normalized spacial score (nSPS) is 12.2. The van der Waals surface area contributed by atoms with Crippen LogP contribution in [-0.2, 0) is 22.4 Å². The quantitative estimate of drug-likeness (QED) is 0.285. The van der Waals surface area contributed by atoms with Gasteiger partial charge in [0.2, 0.25) is 0 Å². The van der Waals surface area contributed by atoms with Crippen molar-refractivity contribution >= 4 is 11.6 Å². The highest BCUT2D eigenvalue weighted by molar-refractivity contribution is 5.81. The highest BCUT2D eigenvalue weighted by Gasteiger charge is 2.23. The van der Waals surface area contributed by atoms with Crippen molar-refractivity contribution in [1.29, 1.82) is 0 Å². The lowest BCUT2D eigenvalue weighted by atomic mass is 9.83. The Morgan fingerprint density at radius 3 is 1.34 bits per heavy atom. The van der Waals surface area contributed by atoms with Gasteiger partial charge >= 0.3 is 0 Å². The van der Waals surface area contributed by atoms with E-state index < -0.39 is 0 Å². The Labute approximate surface area is 179 Å². The Kier molecular flexibility index (Phi) is 10.9. The number of hydrogen-bond acceptors (Lipinski definition) is 2. The van der Waals surface area contributed by atoms with Crippen LogP contribution >= 0.6 is 0 Å². The molecule has 1 rings (SSSR count). The first-order valence-corrected chi connectivity index (χ1v) is 11.6. The van der Waals surface area contributed by atoms with Crippen LogP contribution in [-0.4, -0.2) is 11.6 Å². The fourth-order valence-electron chi connectivity index (χ4n) is 3.69. The van der Waals surface area contributed by atoms with Crippen molar-refractivity contribution < 1.29 is 9.59 Å². The van der Waals surface area contributed by atoms with E-state index in [1.807, 2.05) is 0 Å². The molecule has 1 aromatic carbocycles. The third kappa shape index (κ3) is 9.74. The Morgan fingerprint density at radius 1 is 0.621 bits per heavy atom. The molecular weight excluding hydrogens is 356 g/mol. The topological polar surface area (TPSA) is 34.1 Å². The molecule has 0 spiro atoms. The van der Waals surface area contributed by atoms with E-state index in [1.54, 1.807) is 13.8 Å². The molecule has 0 fully saturated rings. The highest BCUT2D eigenvalue weighted by Crippen LogP contribution is 2.26. The third-order valence-electron chi connectivity index (χ3n) is 6.77. The molecule has 0 N–H and O–H groups in total. The Bertz CT molecular complexity index is 640. The third-order valence-corrected chi connectivity index (χ3v) is 6.77. The zero-order valence-electron chi connectivity index (χ0n) is 19.9. The Balaban J connectivity index is 2.30. The van der Waals surface area contributed by atoms with E-state index in [0.29, 0.717) is 11.6 Å². The lowest BCUT2D eigenvalue weighted by molar-refractivity contribution is -0.125. The lowest BCUT2D eigenvalue weighted by Crippen LogP contribution is -2.20. The summed E-state index contributed by atoms with van der Waals surface area (Å²) in [5, 5.41) is 0. The second-order valence-electron chi connectivity index (χ2n) is 10.1. The first-order chi connectivity index (χ1) is 13.6. The van der Waals surface area contributed by atoms with Crippen LogP contribution in [0.25, 0.3) is 0 Å². The first kappa shape index (κ1) is 25.6. The largest absolute Gasteiger partial charge is 0.299 e. The molecule has 0 aliphatic heterocycles. The standard InChI is InChI=1S/C27H44O2/c1-22(28)26(3,4)20-14-8-7-10-16-24-18-12-13-19-25(24)17-11-9-15-21-27(5,6)23(2)29/h12-13,18-19H,7-11,14-17,20-21H2,1-6H3. The maximum atomic E-state index is 11.6. The Hall–Kier alpha value is -1.44. The molecule has 2 nitrogen and oxygen atoms in total. The summed E-state index contributed by atoms with van der Waals surface area (Å²) in [7, 11) is 0. The second-order valence-corrected chi connectivity index (χ2v) is 10.1. The number of benzene rings is 1.